The van der Waals surface area contributed by atoms with Gasteiger partial charge in [0.05, 0.1) is 10.2 Å². The zero-order valence-corrected chi connectivity index (χ0v) is 11.2. The molecule has 0 atom stereocenters. The first-order chi connectivity index (χ1) is 7.16. The van der Waals surface area contributed by atoms with Crippen molar-refractivity contribution in [2.45, 2.75) is 46.1 Å². The Labute approximate surface area is 101 Å². The van der Waals surface area contributed by atoms with Crippen LogP contribution in [0.4, 0.5) is 0 Å². The lowest BCUT2D eigenvalue weighted by Crippen LogP contribution is -2.02. The highest BCUT2D eigenvalue weighted by Gasteiger charge is 2.07. The van der Waals surface area contributed by atoms with Gasteiger partial charge in [-0.25, -0.2) is 0 Å². The standard InChI is InChI=1S/C12H19BrN2/c1-4-5-6-7-8-9-15-11(3)12(13)10(2)14-15/h4H,1,5-9H2,2-3H3. The summed E-state index contributed by atoms with van der Waals surface area (Å²) in [7, 11) is 0. The van der Waals surface area contributed by atoms with Crippen LogP contribution in [0.5, 0.6) is 0 Å². The van der Waals surface area contributed by atoms with Crippen LogP contribution in [-0.2, 0) is 6.54 Å². The number of rotatable bonds is 6. The van der Waals surface area contributed by atoms with Gasteiger partial charge >= 0.3 is 0 Å². The van der Waals surface area contributed by atoms with E-state index in [2.05, 4.69) is 39.2 Å². The molecular formula is C12H19BrN2. The summed E-state index contributed by atoms with van der Waals surface area (Å²) in [6, 6.07) is 0. The highest BCUT2D eigenvalue weighted by Crippen LogP contribution is 2.20. The quantitative estimate of drug-likeness (QED) is 0.564. The molecule has 1 aromatic heterocycles. The number of allylic oxidation sites excluding steroid dienone is 1. The van der Waals surface area contributed by atoms with Gasteiger partial charge in [0.15, 0.2) is 0 Å². The molecule has 0 aliphatic rings. The second-order valence-electron chi connectivity index (χ2n) is 3.85. The van der Waals surface area contributed by atoms with Crippen molar-refractivity contribution in [3.8, 4) is 0 Å². The number of aryl methyl sites for hydroxylation is 2. The van der Waals surface area contributed by atoms with Gasteiger partial charge in [-0.15, -0.1) is 6.58 Å². The van der Waals surface area contributed by atoms with Crippen LogP contribution in [0.25, 0.3) is 0 Å². The van der Waals surface area contributed by atoms with Gasteiger partial charge in [-0.05, 0) is 49.0 Å². The monoisotopic (exact) mass is 270 g/mol. The van der Waals surface area contributed by atoms with Crippen molar-refractivity contribution in [1.82, 2.24) is 9.78 Å². The first-order valence-corrected chi connectivity index (χ1v) is 6.26. The van der Waals surface area contributed by atoms with E-state index in [0.717, 1.165) is 23.1 Å². The van der Waals surface area contributed by atoms with Crippen molar-refractivity contribution in [2.24, 2.45) is 0 Å². The van der Waals surface area contributed by atoms with Gasteiger partial charge < -0.3 is 0 Å². The van der Waals surface area contributed by atoms with Gasteiger partial charge in [0.1, 0.15) is 0 Å². The van der Waals surface area contributed by atoms with Crippen molar-refractivity contribution in [1.29, 1.82) is 0 Å². The van der Waals surface area contributed by atoms with E-state index in [1.54, 1.807) is 0 Å². The van der Waals surface area contributed by atoms with Crippen LogP contribution in [0.2, 0.25) is 0 Å². The van der Waals surface area contributed by atoms with Crippen LogP contribution < -0.4 is 0 Å². The third-order valence-corrected chi connectivity index (χ3v) is 3.72. The molecule has 0 bridgehead atoms. The van der Waals surface area contributed by atoms with E-state index >= 15 is 0 Å². The van der Waals surface area contributed by atoms with E-state index in [-0.39, 0.29) is 0 Å². The predicted molar refractivity (Wildman–Crippen MR) is 68.1 cm³/mol. The highest BCUT2D eigenvalue weighted by atomic mass is 79.9. The second-order valence-corrected chi connectivity index (χ2v) is 4.64. The minimum atomic E-state index is 1.02. The van der Waals surface area contributed by atoms with Gasteiger partial charge in [0.25, 0.3) is 0 Å². The minimum Gasteiger partial charge on any atom is -0.268 e. The van der Waals surface area contributed by atoms with Gasteiger partial charge in [-0.3, -0.25) is 4.68 Å². The average molecular weight is 271 g/mol. The average Bonchev–Trinajstić information content (AvgIpc) is 2.46. The van der Waals surface area contributed by atoms with E-state index in [0.29, 0.717) is 0 Å². The third-order valence-electron chi connectivity index (χ3n) is 2.57. The Bertz CT molecular complexity index is 329. The number of nitrogens with zero attached hydrogens (tertiary/aromatic N) is 2. The van der Waals surface area contributed by atoms with Crippen LogP contribution in [0.1, 0.15) is 37.1 Å². The number of unbranched alkanes of at least 4 members (excludes halogenated alkanes) is 3. The summed E-state index contributed by atoms with van der Waals surface area (Å²) in [6.07, 6.45) is 6.80. The van der Waals surface area contributed by atoms with E-state index in [9.17, 15) is 0 Å². The fourth-order valence-corrected chi connectivity index (χ4v) is 1.90. The lowest BCUT2D eigenvalue weighted by Gasteiger charge is -2.03. The lowest BCUT2D eigenvalue weighted by molar-refractivity contribution is 0.533. The Morgan fingerprint density at radius 2 is 2.07 bits per heavy atom. The van der Waals surface area contributed by atoms with E-state index < -0.39 is 0 Å². The molecule has 84 valence electrons. The molecule has 0 saturated carbocycles. The Morgan fingerprint density at radius 1 is 1.33 bits per heavy atom. The van der Waals surface area contributed by atoms with Gasteiger partial charge in [0, 0.05) is 12.2 Å². The SMILES string of the molecule is C=CCCCCCn1nc(C)c(Br)c1C. The molecule has 0 N–H and O–H groups in total. The predicted octanol–water partition coefficient (Wildman–Crippen LogP) is 4.01. The maximum absolute atomic E-state index is 4.48. The molecule has 0 amide bonds. The Balaban J connectivity index is 2.37. The first-order valence-electron chi connectivity index (χ1n) is 5.47. The summed E-state index contributed by atoms with van der Waals surface area (Å²) < 4.78 is 3.24. The number of aromatic nitrogens is 2. The largest absolute Gasteiger partial charge is 0.268 e. The normalized spacial score (nSPS) is 10.6. The molecule has 0 aliphatic carbocycles. The molecule has 0 aliphatic heterocycles. The summed E-state index contributed by atoms with van der Waals surface area (Å²) in [5.41, 5.74) is 2.31. The van der Waals surface area contributed by atoms with Gasteiger partial charge in [-0.2, -0.15) is 5.10 Å². The Morgan fingerprint density at radius 3 is 2.60 bits per heavy atom. The molecule has 1 rings (SSSR count). The molecule has 0 radical (unpaired) electrons. The van der Waals surface area contributed by atoms with Gasteiger partial charge in [-0.1, -0.05) is 12.5 Å². The Hall–Kier alpha value is -0.570. The molecule has 1 heterocycles. The summed E-state index contributed by atoms with van der Waals surface area (Å²) in [5, 5.41) is 4.48. The number of halogens is 1. The van der Waals surface area contributed by atoms with Crippen molar-refractivity contribution >= 4 is 15.9 Å². The maximum Gasteiger partial charge on any atom is 0.0738 e. The molecule has 0 saturated heterocycles. The third kappa shape index (κ3) is 3.49. The topological polar surface area (TPSA) is 17.8 Å². The van der Waals surface area contributed by atoms with Crippen molar-refractivity contribution in [2.75, 3.05) is 0 Å². The second kappa shape index (κ2) is 6.11. The Kier molecular flexibility index (Phi) is 5.09. The van der Waals surface area contributed by atoms with Crippen molar-refractivity contribution < 1.29 is 0 Å². The minimum absolute atomic E-state index is 1.02. The zero-order valence-electron chi connectivity index (χ0n) is 9.59. The van der Waals surface area contributed by atoms with Crippen LogP contribution in [0.3, 0.4) is 0 Å². The molecule has 15 heavy (non-hydrogen) atoms. The molecule has 0 spiro atoms. The molecule has 0 fully saturated rings. The van der Waals surface area contributed by atoms with Crippen LogP contribution >= 0.6 is 15.9 Å². The van der Waals surface area contributed by atoms with Gasteiger partial charge in [0.2, 0.25) is 0 Å². The van der Waals surface area contributed by atoms with Crippen LogP contribution in [0.15, 0.2) is 17.1 Å². The summed E-state index contributed by atoms with van der Waals surface area (Å²) in [5.74, 6) is 0. The van der Waals surface area contributed by atoms with Crippen molar-refractivity contribution in [3.05, 3.63) is 28.5 Å². The summed E-state index contributed by atoms with van der Waals surface area (Å²) in [4.78, 5) is 0. The fraction of sp³-hybridized carbons (Fsp3) is 0.583. The number of hydrogen-bond donors (Lipinski definition) is 0. The summed E-state index contributed by atoms with van der Waals surface area (Å²) in [6.45, 7) is 8.88. The van der Waals surface area contributed by atoms with E-state index in [1.807, 2.05) is 13.0 Å². The molecule has 3 heteroatoms. The smallest absolute Gasteiger partial charge is 0.0738 e. The van der Waals surface area contributed by atoms with Crippen LogP contribution in [0, 0.1) is 13.8 Å². The molecule has 1 aromatic rings. The highest BCUT2D eigenvalue weighted by molar-refractivity contribution is 9.10. The fourth-order valence-electron chi connectivity index (χ4n) is 1.62. The van der Waals surface area contributed by atoms with E-state index in [4.69, 9.17) is 0 Å². The maximum atomic E-state index is 4.48. The molecule has 2 nitrogen and oxygen atoms in total. The van der Waals surface area contributed by atoms with E-state index in [1.165, 1.54) is 25.0 Å². The molecule has 0 aromatic carbocycles. The first kappa shape index (κ1) is 12.5. The molecule has 0 unspecified atom stereocenters. The zero-order chi connectivity index (χ0) is 11.3. The summed E-state index contributed by atoms with van der Waals surface area (Å²) >= 11 is 3.54. The number of hydrogen-bond acceptors (Lipinski definition) is 1. The van der Waals surface area contributed by atoms with Crippen LogP contribution in [-0.4, -0.2) is 9.78 Å². The van der Waals surface area contributed by atoms with Crippen molar-refractivity contribution in [3.63, 3.8) is 0 Å². The molecular weight excluding hydrogens is 252 g/mol. The lowest BCUT2D eigenvalue weighted by atomic mass is 10.2.